The minimum absolute atomic E-state index is 0.231. The average Bonchev–Trinajstić information content (AvgIpc) is 2.51. The van der Waals surface area contributed by atoms with E-state index in [1.165, 1.54) is 0 Å². The van der Waals surface area contributed by atoms with Crippen molar-refractivity contribution < 1.29 is 9.90 Å². The van der Waals surface area contributed by atoms with Gasteiger partial charge in [-0.2, -0.15) is 0 Å². The van der Waals surface area contributed by atoms with Crippen LogP contribution < -0.4 is 10.6 Å². The Kier molecular flexibility index (Phi) is 3.49. The van der Waals surface area contributed by atoms with E-state index in [1.807, 2.05) is 0 Å². The Labute approximate surface area is 72.3 Å². The van der Waals surface area contributed by atoms with Crippen LogP contribution in [0.25, 0.3) is 0 Å². The highest BCUT2D eigenvalue weighted by atomic mass is 16.4. The zero-order valence-corrected chi connectivity index (χ0v) is 7.34. The summed E-state index contributed by atoms with van der Waals surface area (Å²) in [5.41, 5.74) is 0. The second-order valence-corrected chi connectivity index (χ2v) is 3.26. The molecule has 70 valence electrons. The van der Waals surface area contributed by atoms with E-state index >= 15 is 0 Å². The molecule has 0 spiro atoms. The number of hydrogen-bond acceptors (Lipinski definition) is 3. The highest BCUT2D eigenvalue weighted by Gasteiger charge is 2.29. The lowest BCUT2D eigenvalue weighted by atomic mass is 9.91. The topological polar surface area (TPSA) is 61.4 Å². The van der Waals surface area contributed by atoms with Crippen molar-refractivity contribution in [3.05, 3.63) is 0 Å². The number of carbonyl (C=O) groups is 1. The molecule has 1 saturated heterocycles. The van der Waals surface area contributed by atoms with Crippen LogP contribution in [0.5, 0.6) is 0 Å². The molecule has 1 heterocycles. The fraction of sp³-hybridized carbons (Fsp3) is 0.875. The third-order valence-electron chi connectivity index (χ3n) is 2.41. The van der Waals surface area contributed by atoms with Crippen LogP contribution in [0, 0.1) is 11.8 Å². The van der Waals surface area contributed by atoms with Crippen LogP contribution in [0.2, 0.25) is 0 Å². The third-order valence-corrected chi connectivity index (χ3v) is 2.41. The fourth-order valence-corrected chi connectivity index (χ4v) is 1.70. The summed E-state index contributed by atoms with van der Waals surface area (Å²) in [7, 11) is 1.79. The minimum atomic E-state index is -0.682. The Hall–Kier alpha value is -0.610. The molecule has 1 rings (SSSR count). The molecule has 0 bridgehead atoms. The molecular weight excluding hydrogens is 156 g/mol. The summed E-state index contributed by atoms with van der Waals surface area (Å²) in [4.78, 5) is 10.8. The summed E-state index contributed by atoms with van der Waals surface area (Å²) >= 11 is 0. The Morgan fingerprint density at radius 2 is 2.58 bits per heavy atom. The molecule has 0 aromatic rings. The summed E-state index contributed by atoms with van der Waals surface area (Å²) in [5.74, 6) is -0.613. The Bertz CT molecular complexity index is 155. The molecule has 0 aromatic heterocycles. The minimum Gasteiger partial charge on any atom is -0.481 e. The summed E-state index contributed by atoms with van der Waals surface area (Å²) in [5, 5.41) is 15.0. The molecular formula is C8H16N2O2. The summed E-state index contributed by atoms with van der Waals surface area (Å²) in [6.45, 7) is 2.37. The highest BCUT2D eigenvalue weighted by Crippen LogP contribution is 2.18. The van der Waals surface area contributed by atoms with E-state index in [1.54, 1.807) is 7.05 Å². The first-order valence-electron chi connectivity index (χ1n) is 4.34. The number of nitrogens with one attached hydrogen (secondary N) is 2. The van der Waals surface area contributed by atoms with E-state index in [0.29, 0.717) is 12.5 Å². The van der Waals surface area contributed by atoms with Gasteiger partial charge in [-0.15, -0.1) is 0 Å². The van der Waals surface area contributed by atoms with E-state index in [2.05, 4.69) is 10.6 Å². The Morgan fingerprint density at radius 1 is 1.83 bits per heavy atom. The summed E-state index contributed by atoms with van der Waals surface area (Å²) in [6, 6.07) is 0. The van der Waals surface area contributed by atoms with Gasteiger partial charge in [0.25, 0.3) is 0 Å². The quantitative estimate of drug-likeness (QED) is 0.536. The van der Waals surface area contributed by atoms with Crippen molar-refractivity contribution in [2.24, 2.45) is 11.8 Å². The summed E-state index contributed by atoms with van der Waals surface area (Å²) in [6.07, 6.45) is 0.985. The smallest absolute Gasteiger partial charge is 0.308 e. The van der Waals surface area contributed by atoms with E-state index in [-0.39, 0.29) is 5.92 Å². The molecule has 1 aliphatic rings. The maximum atomic E-state index is 10.8. The van der Waals surface area contributed by atoms with Gasteiger partial charge in [0.2, 0.25) is 0 Å². The van der Waals surface area contributed by atoms with Crippen LogP contribution in [-0.4, -0.2) is 37.8 Å². The first-order chi connectivity index (χ1) is 5.75. The van der Waals surface area contributed by atoms with Crippen molar-refractivity contribution >= 4 is 5.97 Å². The SMILES string of the molecule is CNCC(C(=O)O)C1CCNC1. The Morgan fingerprint density at radius 3 is 3.00 bits per heavy atom. The van der Waals surface area contributed by atoms with Crippen LogP contribution in [0.3, 0.4) is 0 Å². The van der Waals surface area contributed by atoms with Crippen LogP contribution in [-0.2, 0) is 4.79 Å². The average molecular weight is 172 g/mol. The standard InChI is InChI=1S/C8H16N2O2/c1-9-5-7(8(11)12)6-2-3-10-4-6/h6-7,9-10H,2-5H2,1H3,(H,11,12). The molecule has 4 nitrogen and oxygen atoms in total. The molecule has 0 amide bonds. The molecule has 1 aliphatic heterocycles. The predicted molar refractivity (Wildman–Crippen MR) is 46.0 cm³/mol. The molecule has 0 aliphatic carbocycles. The second kappa shape index (κ2) is 4.42. The number of carboxylic acids is 1. The van der Waals surface area contributed by atoms with E-state index in [4.69, 9.17) is 5.11 Å². The van der Waals surface area contributed by atoms with E-state index < -0.39 is 5.97 Å². The largest absolute Gasteiger partial charge is 0.481 e. The maximum absolute atomic E-state index is 10.8. The lowest BCUT2D eigenvalue weighted by Crippen LogP contribution is -2.33. The molecule has 2 unspecified atom stereocenters. The Balaban J connectivity index is 2.45. The molecule has 0 radical (unpaired) electrons. The van der Waals surface area contributed by atoms with Gasteiger partial charge in [-0.3, -0.25) is 4.79 Å². The van der Waals surface area contributed by atoms with Crippen molar-refractivity contribution in [1.82, 2.24) is 10.6 Å². The van der Waals surface area contributed by atoms with Crippen molar-refractivity contribution in [1.29, 1.82) is 0 Å². The molecule has 2 atom stereocenters. The zero-order valence-electron chi connectivity index (χ0n) is 7.34. The third kappa shape index (κ3) is 2.19. The van der Waals surface area contributed by atoms with Crippen LogP contribution >= 0.6 is 0 Å². The van der Waals surface area contributed by atoms with Gasteiger partial charge in [-0.25, -0.2) is 0 Å². The van der Waals surface area contributed by atoms with Crippen LogP contribution in [0.15, 0.2) is 0 Å². The maximum Gasteiger partial charge on any atom is 0.308 e. The van der Waals surface area contributed by atoms with Gasteiger partial charge >= 0.3 is 5.97 Å². The normalized spacial score (nSPS) is 25.6. The number of aliphatic carboxylic acids is 1. The lowest BCUT2D eigenvalue weighted by Gasteiger charge is -2.17. The first kappa shape index (κ1) is 9.48. The van der Waals surface area contributed by atoms with E-state index in [0.717, 1.165) is 19.5 Å². The summed E-state index contributed by atoms with van der Waals surface area (Å²) < 4.78 is 0. The van der Waals surface area contributed by atoms with Crippen LogP contribution in [0.4, 0.5) is 0 Å². The van der Waals surface area contributed by atoms with Crippen molar-refractivity contribution in [3.8, 4) is 0 Å². The molecule has 3 N–H and O–H groups in total. The van der Waals surface area contributed by atoms with Gasteiger partial charge in [0.15, 0.2) is 0 Å². The van der Waals surface area contributed by atoms with Gasteiger partial charge in [0.1, 0.15) is 0 Å². The predicted octanol–water partition coefficient (Wildman–Crippen LogP) is -0.484. The molecule has 4 heteroatoms. The van der Waals surface area contributed by atoms with Gasteiger partial charge in [-0.1, -0.05) is 0 Å². The van der Waals surface area contributed by atoms with Crippen LogP contribution in [0.1, 0.15) is 6.42 Å². The van der Waals surface area contributed by atoms with Crippen molar-refractivity contribution in [2.75, 3.05) is 26.7 Å². The number of hydrogen-bond donors (Lipinski definition) is 3. The van der Waals surface area contributed by atoms with Gasteiger partial charge in [-0.05, 0) is 32.5 Å². The van der Waals surface area contributed by atoms with Crippen molar-refractivity contribution in [3.63, 3.8) is 0 Å². The van der Waals surface area contributed by atoms with Gasteiger partial charge < -0.3 is 15.7 Å². The second-order valence-electron chi connectivity index (χ2n) is 3.26. The molecule has 0 saturated carbocycles. The van der Waals surface area contributed by atoms with Gasteiger partial charge in [0.05, 0.1) is 5.92 Å². The highest BCUT2D eigenvalue weighted by molar-refractivity contribution is 5.70. The first-order valence-corrected chi connectivity index (χ1v) is 4.34. The van der Waals surface area contributed by atoms with Gasteiger partial charge in [0, 0.05) is 6.54 Å². The molecule has 12 heavy (non-hydrogen) atoms. The molecule has 0 aromatic carbocycles. The monoisotopic (exact) mass is 172 g/mol. The fourth-order valence-electron chi connectivity index (χ4n) is 1.70. The van der Waals surface area contributed by atoms with E-state index in [9.17, 15) is 4.79 Å². The number of carboxylic acid groups (broad SMARTS) is 1. The molecule has 1 fully saturated rings. The lowest BCUT2D eigenvalue weighted by molar-refractivity contribution is -0.143. The number of rotatable bonds is 4. The van der Waals surface area contributed by atoms with Crippen molar-refractivity contribution in [2.45, 2.75) is 6.42 Å². The zero-order chi connectivity index (χ0) is 8.97.